The van der Waals surface area contributed by atoms with E-state index in [4.69, 9.17) is 11.6 Å². The highest BCUT2D eigenvalue weighted by Crippen LogP contribution is 2.25. The Labute approximate surface area is 122 Å². The standard InChI is InChI=1S/C13H8BrClFN3/c14-8-3-4-9(16)11(6-8)19-12(7-15)18-10-2-1-5-17-13(10)19/h1-6H,7H2. The van der Waals surface area contributed by atoms with Crippen LogP contribution in [0.15, 0.2) is 41.0 Å². The molecule has 6 heteroatoms. The second-order valence-corrected chi connectivity index (χ2v) is 5.12. The molecule has 0 fully saturated rings. The topological polar surface area (TPSA) is 30.7 Å². The van der Waals surface area contributed by atoms with Gasteiger partial charge in [0.1, 0.15) is 17.2 Å². The summed E-state index contributed by atoms with van der Waals surface area (Å²) >= 11 is 9.24. The van der Waals surface area contributed by atoms with Gasteiger partial charge in [-0.25, -0.2) is 14.4 Å². The van der Waals surface area contributed by atoms with Crippen LogP contribution in [0.1, 0.15) is 5.82 Å². The molecule has 2 aromatic heterocycles. The fraction of sp³-hybridized carbons (Fsp3) is 0.0769. The quantitative estimate of drug-likeness (QED) is 0.659. The van der Waals surface area contributed by atoms with Gasteiger partial charge in [0.2, 0.25) is 0 Å². The number of rotatable bonds is 2. The van der Waals surface area contributed by atoms with Crippen LogP contribution in [0.4, 0.5) is 4.39 Å². The van der Waals surface area contributed by atoms with Gasteiger partial charge in [-0.3, -0.25) is 4.57 Å². The maximum Gasteiger partial charge on any atom is 0.164 e. The molecule has 3 aromatic rings. The van der Waals surface area contributed by atoms with Crippen molar-refractivity contribution in [3.8, 4) is 5.69 Å². The predicted molar refractivity (Wildman–Crippen MR) is 76.1 cm³/mol. The second kappa shape index (κ2) is 4.90. The Morgan fingerprint density at radius 1 is 1.32 bits per heavy atom. The van der Waals surface area contributed by atoms with E-state index < -0.39 is 0 Å². The first kappa shape index (κ1) is 12.6. The summed E-state index contributed by atoms with van der Waals surface area (Å²) in [4.78, 5) is 8.62. The van der Waals surface area contributed by atoms with Gasteiger partial charge >= 0.3 is 0 Å². The van der Waals surface area contributed by atoms with Crippen molar-refractivity contribution in [1.29, 1.82) is 0 Å². The highest BCUT2D eigenvalue weighted by molar-refractivity contribution is 9.10. The van der Waals surface area contributed by atoms with Crippen LogP contribution in [0.25, 0.3) is 16.9 Å². The van der Waals surface area contributed by atoms with Gasteiger partial charge in [-0.05, 0) is 30.3 Å². The normalized spacial score (nSPS) is 11.1. The van der Waals surface area contributed by atoms with Gasteiger partial charge in [-0.1, -0.05) is 15.9 Å². The summed E-state index contributed by atoms with van der Waals surface area (Å²) in [5.41, 5.74) is 1.67. The van der Waals surface area contributed by atoms with Crippen LogP contribution in [0.2, 0.25) is 0 Å². The molecule has 0 aliphatic carbocycles. The number of hydrogen-bond acceptors (Lipinski definition) is 2. The molecule has 0 N–H and O–H groups in total. The number of hydrogen-bond donors (Lipinski definition) is 0. The molecular formula is C13H8BrClFN3. The minimum absolute atomic E-state index is 0.183. The number of imidazole rings is 1. The van der Waals surface area contributed by atoms with E-state index in [0.29, 0.717) is 22.7 Å². The molecule has 0 atom stereocenters. The fourth-order valence-corrected chi connectivity index (χ4v) is 2.49. The SMILES string of the molecule is Fc1ccc(Br)cc1-n1c(CCl)nc2cccnc21. The lowest BCUT2D eigenvalue weighted by Crippen LogP contribution is -2.03. The predicted octanol–water partition coefficient (Wildman–Crippen LogP) is 4.06. The third-order valence-corrected chi connectivity index (χ3v) is 3.49. The molecule has 0 saturated heterocycles. The number of pyridine rings is 1. The molecule has 1 aromatic carbocycles. The van der Waals surface area contributed by atoms with Gasteiger partial charge < -0.3 is 0 Å². The number of halogens is 3. The Morgan fingerprint density at radius 3 is 2.95 bits per heavy atom. The molecular weight excluding hydrogens is 333 g/mol. The van der Waals surface area contributed by atoms with Crippen molar-refractivity contribution in [2.24, 2.45) is 0 Å². The van der Waals surface area contributed by atoms with Gasteiger partial charge in [-0.15, -0.1) is 11.6 Å². The number of fused-ring (bicyclic) bond motifs is 1. The van der Waals surface area contributed by atoms with E-state index in [1.165, 1.54) is 6.07 Å². The molecule has 2 heterocycles. The van der Waals surface area contributed by atoms with Crippen LogP contribution >= 0.6 is 27.5 Å². The van der Waals surface area contributed by atoms with Crippen LogP contribution in [-0.4, -0.2) is 14.5 Å². The number of benzene rings is 1. The maximum atomic E-state index is 14.0. The van der Waals surface area contributed by atoms with E-state index in [1.807, 2.05) is 6.07 Å². The minimum atomic E-state index is -0.348. The Balaban J connectivity index is 2.37. The first-order valence-electron chi connectivity index (χ1n) is 5.54. The van der Waals surface area contributed by atoms with Crippen LogP contribution in [-0.2, 0) is 5.88 Å². The zero-order chi connectivity index (χ0) is 13.4. The summed E-state index contributed by atoms with van der Waals surface area (Å²) < 4.78 is 16.5. The lowest BCUT2D eigenvalue weighted by molar-refractivity contribution is 0.617. The zero-order valence-corrected chi connectivity index (χ0v) is 12.0. The van der Waals surface area contributed by atoms with Crippen molar-refractivity contribution < 1.29 is 4.39 Å². The van der Waals surface area contributed by atoms with Crippen molar-refractivity contribution in [1.82, 2.24) is 14.5 Å². The molecule has 3 nitrogen and oxygen atoms in total. The smallest absolute Gasteiger partial charge is 0.164 e. The molecule has 0 saturated carbocycles. The molecule has 96 valence electrons. The summed E-state index contributed by atoms with van der Waals surface area (Å²) in [7, 11) is 0. The largest absolute Gasteiger partial charge is 0.277 e. The highest BCUT2D eigenvalue weighted by Gasteiger charge is 2.15. The van der Waals surface area contributed by atoms with E-state index in [9.17, 15) is 4.39 Å². The van der Waals surface area contributed by atoms with Crippen molar-refractivity contribution >= 4 is 38.7 Å². The summed E-state index contributed by atoms with van der Waals surface area (Å²) in [5.74, 6) is 0.398. The number of nitrogens with zero attached hydrogens (tertiary/aromatic N) is 3. The molecule has 0 bridgehead atoms. The van der Waals surface area contributed by atoms with Crippen LogP contribution < -0.4 is 0 Å². The van der Waals surface area contributed by atoms with Gasteiger partial charge in [0.25, 0.3) is 0 Å². The zero-order valence-electron chi connectivity index (χ0n) is 9.65. The molecule has 0 unspecified atom stereocenters. The summed E-state index contributed by atoms with van der Waals surface area (Å²) in [6, 6.07) is 8.33. The average Bonchev–Trinajstić information content (AvgIpc) is 2.80. The third kappa shape index (κ3) is 2.13. The molecule has 0 aliphatic heterocycles. The minimum Gasteiger partial charge on any atom is -0.277 e. The van der Waals surface area contributed by atoms with Crippen molar-refractivity contribution in [3.05, 3.63) is 52.6 Å². The Kier molecular flexibility index (Phi) is 3.24. The van der Waals surface area contributed by atoms with E-state index in [0.717, 1.165) is 4.47 Å². The molecule has 0 radical (unpaired) electrons. The van der Waals surface area contributed by atoms with E-state index in [2.05, 4.69) is 25.9 Å². The fourth-order valence-electron chi connectivity index (χ4n) is 1.96. The maximum absolute atomic E-state index is 14.0. The summed E-state index contributed by atoms with van der Waals surface area (Å²) in [6.07, 6.45) is 1.65. The number of alkyl halides is 1. The van der Waals surface area contributed by atoms with Crippen LogP contribution in [0.5, 0.6) is 0 Å². The molecule has 0 amide bonds. The molecule has 19 heavy (non-hydrogen) atoms. The van der Waals surface area contributed by atoms with Crippen molar-refractivity contribution in [3.63, 3.8) is 0 Å². The van der Waals surface area contributed by atoms with Gasteiger partial charge in [0.05, 0.1) is 11.6 Å². The van der Waals surface area contributed by atoms with E-state index in [1.54, 1.807) is 29.0 Å². The second-order valence-electron chi connectivity index (χ2n) is 3.94. The molecule has 0 spiro atoms. The van der Waals surface area contributed by atoms with Crippen LogP contribution in [0, 0.1) is 5.82 Å². The third-order valence-electron chi connectivity index (χ3n) is 2.75. The van der Waals surface area contributed by atoms with Crippen molar-refractivity contribution in [2.45, 2.75) is 5.88 Å². The Hall–Kier alpha value is -1.46. The monoisotopic (exact) mass is 339 g/mol. The van der Waals surface area contributed by atoms with E-state index >= 15 is 0 Å². The average molecular weight is 341 g/mol. The number of aromatic nitrogens is 3. The summed E-state index contributed by atoms with van der Waals surface area (Å²) in [6.45, 7) is 0. The van der Waals surface area contributed by atoms with E-state index in [-0.39, 0.29) is 11.7 Å². The van der Waals surface area contributed by atoms with Gasteiger partial charge in [-0.2, -0.15) is 0 Å². The van der Waals surface area contributed by atoms with Crippen LogP contribution in [0.3, 0.4) is 0 Å². The van der Waals surface area contributed by atoms with Gasteiger partial charge in [0, 0.05) is 10.7 Å². The molecule has 3 rings (SSSR count). The lowest BCUT2D eigenvalue weighted by Gasteiger charge is -2.08. The Bertz CT molecular complexity index is 757. The first-order chi connectivity index (χ1) is 9.20. The first-order valence-corrected chi connectivity index (χ1v) is 6.87. The highest BCUT2D eigenvalue weighted by atomic mass is 79.9. The lowest BCUT2D eigenvalue weighted by atomic mass is 10.3. The Morgan fingerprint density at radius 2 is 2.16 bits per heavy atom. The van der Waals surface area contributed by atoms with Crippen molar-refractivity contribution in [2.75, 3.05) is 0 Å². The molecule has 0 aliphatic rings. The summed E-state index contributed by atoms with van der Waals surface area (Å²) in [5, 5.41) is 0. The van der Waals surface area contributed by atoms with Gasteiger partial charge in [0.15, 0.2) is 5.65 Å².